The van der Waals surface area contributed by atoms with Gasteiger partial charge in [0.15, 0.2) is 0 Å². The van der Waals surface area contributed by atoms with E-state index in [1.165, 1.54) is 35.7 Å². The van der Waals surface area contributed by atoms with E-state index in [2.05, 4.69) is 17.2 Å². The lowest BCUT2D eigenvalue weighted by Crippen LogP contribution is -2.35. The molecule has 90 valence electrons. The van der Waals surface area contributed by atoms with Gasteiger partial charge < -0.3 is 11.1 Å². The summed E-state index contributed by atoms with van der Waals surface area (Å²) in [6.07, 6.45) is 7.06. The molecule has 1 aromatic rings. The molecule has 0 aromatic carbocycles. The van der Waals surface area contributed by atoms with Gasteiger partial charge >= 0.3 is 0 Å². The second-order valence-corrected chi connectivity index (χ2v) is 5.79. The van der Waals surface area contributed by atoms with Gasteiger partial charge in [-0.2, -0.15) is 0 Å². The number of nitrogens with two attached hydrogens (primary N) is 1. The van der Waals surface area contributed by atoms with E-state index in [9.17, 15) is 0 Å². The maximum absolute atomic E-state index is 5.66. The maximum Gasteiger partial charge on any atom is 0.0943 e. The topological polar surface area (TPSA) is 50.9 Å². The van der Waals surface area contributed by atoms with E-state index in [-0.39, 0.29) is 0 Å². The first-order valence-corrected chi connectivity index (χ1v) is 6.99. The Morgan fingerprint density at radius 3 is 3.19 bits per heavy atom. The number of hydrogen-bond donors (Lipinski definition) is 2. The summed E-state index contributed by atoms with van der Waals surface area (Å²) >= 11 is 1.83. The van der Waals surface area contributed by atoms with Crippen LogP contribution in [0.1, 0.15) is 42.0 Å². The summed E-state index contributed by atoms with van der Waals surface area (Å²) in [5, 5.41) is 4.82. The molecule has 3 N–H and O–H groups in total. The third kappa shape index (κ3) is 3.03. The average molecular weight is 239 g/mol. The number of nitrogens with one attached hydrogen (secondary N) is 1. The number of hydrogen-bond acceptors (Lipinski definition) is 4. The van der Waals surface area contributed by atoms with Crippen molar-refractivity contribution in [3.63, 3.8) is 0 Å². The number of nitrogens with zero attached hydrogens (tertiary/aromatic N) is 1. The summed E-state index contributed by atoms with van der Waals surface area (Å²) in [5.74, 6) is 0.450. The van der Waals surface area contributed by atoms with Crippen LogP contribution in [0.5, 0.6) is 0 Å². The minimum atomic E-state index is 0.450. The predicted molar refractivity (Wildman–Crippen MR) is 68.9 cm³/mol. The summed E-state index contributed by atoms with van der Waals surface area (Å²) in [7, 11) is 0. The summed E-state index contributed by atoms with van der Waals surface area (Å²) < 4.78 is 0. The van der Waals surface area contributed by atoms with E-state index in [1.807, 2.05) is 17.5 Å². The van der Waals surface area contributed by atoms with Gasteiger partial charge in [0.2, 0.25) is 0 Å². The van der Waals surface area contributed by atoms with E-state index >= 15 is 0 Å². The van der Waals surface area contributed by atoms with Crippen LogP contribution in [0, 0.1) is 0 Å². The third-order valence-corrected chi connectivity index (χ3v) is 4.50. The molecule has 0 radical (unpaired) electrons. The molecule has 0 amide bonds. The van der Waals surface area contributed by atoms with Crippen LogP contribution < -0.4 is 11.1 Å². The summed E-state index contributed by atoms with van der Waals surface area (Å²) in [4.78, 5) is 5.83. The molecule has 2 atom stereocenters. The molecular formula is C12H21N3S. The van der Waals surface area contributed by atoms with E-state index < -0.39 is 0 Å². The Morgan fingerprint density at radius 1 is 1.62 bits per heavy atom. The van der Waals surface area contributed by atoms with Crippen LogP contribution in [-0.4, -0.2) is 24.1 Å². The van der Waals surface area contributed by atoms with Crippen LogP contribution in [0.2, 0.25) is 0 Å². The molecule has 0 bridgehead atoms. The van der Waals surface area contributed by atoms with E-state index in [1.54, 1.807) is 0 Å². The zero-order valence-corrected chi connectivity index (χ0v) is 10.7. The van der Waals surface area contributed by atoms with Crippen molar-refractivity contribution in [3.8, 4) is 0 Å². The molecule has 0 saturated carbocycles. The van der Waals surface area contributed by atoms with Gasteiger partial charge in [0.25, 0.3) is 0 Å². The van der Waals surface area contributed by atoms with E-state index in [0.717, 1.165) is 6.42 Å². The van der Waals surface area contributed by atoms with Crippen LogP contribution in [0.4, 0.5) is 0 Å². The first-order chi connectivity index (χ1) is 7.79. The monoisotopic (exact) mass is 239 g/mol. The highest BCUT2D eigenvalue weighted by Crippen LogP contribution is 2.23. The molecule has 1 aliphatic heterocycles. The third-order valence-electron chi connectivity index (χ3n) is 3.24. The molecule has 4 heteroatoms. The fourth-order valence-electron chi connectivity index (χ4n) is 2.07. The average Bonchev–Trinajstić information content (AvgIpc) is 2.78. The number of piperidine rings is 1. The molecule has 1 aromatic heterocycles. The first kappa shape index (κ1) is 12.0. The molecule has 1 aliphatic rings. The fourth-order valence-corrected chi connectivity index (χ4v) is 3.14. The van der Waals surface area contributed by atoms with E-state index in [4.69, 9.17) is 5.73 Å². The quantitative estimate of drug-likeness (QED) is 0.843. The van der Waals surface area contributed by atoms with Crippen molar-refractivity contribution in [2.45, 2.75) is 44.6 Å². The van der Waals surface area contributed by atoms with Gasteiger partial charge in [-0.15, -0.1) is 11.3 Å². The van der Waals surface area contributed by atoms with Crippen molar-refractivity contribution >= 4 is 11.3 Å². The predicted octanol–water partition coefficient (Wildman–Crippen LogP) is 1.89. The lowest BCUT2D eigenvalue weighted by atomic mass is 10.0. The Morgan fingerprint density at radius 2 is 2.50 bits per heavy atom. The SMILES string of the molecule is CC(CN)c1cnc(CC2CCCCN2)s1. The molecular weight excluding hydrogens is 218 g/mol. The molecule has 2 unspecified atom stereocenters. The highest BCUT2D eigenvalue weighted by Gasteiger charge is 2.15. The van der Waals surface area contributed by atoms with Gasteiger partial charge in [-0.1, -0.05) is 13.3 Å². The van der Waals surface area contributed by atoms with E-state index in [0.29, 0.717) is 18.5 Å². The molecule has 2 heterocycles. The normalized spacial score (nSPS) is 23.2. The van der Waals surface area contributed by atoms with Crippen molar-refractivity contribution in [1.29, 1.82) is 0 Å². The Hall–Kier alpha value is -0.450. The number of rotatable bonds is 4. The molecule has 0 aliphatic carbocycles. The Kier molecular flexibility index (Phi) is 4.32. The Bertz CT molecular complexity index is 318. The van der Waals surface area contributed by atoms with Crippen molar-refractivity contribution in [1.82, 2.24) is 10.3 Å². The van der Waals surface area contributed by atoms with Gasteiger partial charge in [0, 0.05) is 29.5 Å². The second kappa shape index (κ2) is 5.75. The largest absolute Gasteiger partial charge is 0.330 e. The second-order valence-electron chi connectivity index (χ2n) is 4.64. The maximum atomic E-state index is 5.66. The zero-order chi connectivity index (χ0) is 11.4. The van der Waals surface area contributed by atoms with Gasteiger partial charge in [-0.3, -0.25) is 0 Å². The summed E-state index contributed by atoms with van der Waals surface area (Å²) in [5.41, 5.74) is 5.66. The molecule has 1 saturated heterocycles. The minimum Gasteiger partial charge on any atom is -0.330 e. The van der Waals surface area contributed by atoms with Gasteiger partial charge in [0.05, 0.1) is 5.01 Å². The number of aromatic nitrogens is 1. The highest BCUT2D eigenvalue weighted by molar-refractivity contribution is 7.11. The van der Waals surface area contributed by atoms with Gasteiger partial charge in [0.1, 0.15) is 0 Å². The van der Waals surface area contributed by atoms with Crippen molar-refractivity contribution in [2.75, 3.05) is 13.1 Å². The Balaban J connectivity index is 1.91. The molecule has 16 heavy (non-hydrogen) atoms. The first-order valence-electron chi connectivity index (χ1n) is 6.17. The molecule has 2 rings (SSSR count). The van der Waals surface area contributed by atoms with Crippen LogP contribution in [0.15, 0.2) is 6.20 Å². The van der Waals surface area contributed by atoms with Crippen LogP contribution >= 0.6 is 11.3 Å². The number of thiazole rings is 1. The van der Waals surface area contributed by atoms with Crippen molar-refractivity contribution in [2.24, 2.45) is 5.73 Å². The smallest absolute Gasteiger partial charge is 0.0943 e. The van der Waals surface area contributed by atoms with Crippen LogP contribution in [0.3, 0.4) is 0 Å². The van der Waals surface area contributed by atoms with Crippen LogP contribution in [-0.2, 0) is 6.42 Å². The van der Waals surface area contributed by atoms with Gasteiger partial charge in [-0.25, -0.2) is 4.98 Å². The van der Waals surface area contributed by atoms with Gasteiger partial charge in [-0.05, 0) is 25.9 Å². The summed E-state index contributed by atoms with van der Waals surface area (Å²) in [6.45, 7) is 4.04. The molecule has 0 spiro atoms. The minimum absolute atomic E-state index is 0.450. The fraction of sp³-hybridized carbons (Fsp3) is 0.750. The van der Waals surface area contributed by atoms with Crippen molar-refractivity contribution < 1.29 is 0 Å². The molecule has 3 nitrogen and oxygen atoms in total. The standard InChI is InChI=1S/C12H21N3S/c1-9(7-13)11-8-15-12(16-11)6-10-4-2-3-5-14-10/h8-10,14H,2-7,13H2,1H3. The van der Waals surface area contributed by atoms with Crippen LogP contribution in [0.25, 0.3) is 0 Å². The van der Waals surface area contributed by atoms with Crippen molar-refractivity contribution in [3.05, 3.63) is 16.1 Å². The zero-order valence-electron chi connectivity index (χ0n) is 9.91. The summed E-state index contributed by atoms with van der Waals surface area (Å²) in [6, 6.07) is 0.640. The Labute approximate surface area is 101 Å². The molecule has 1 fully saturated rings. The lowest BCUT2D eigenvalue weighted by Gasteiger charge is -2.22. The lowest BCUT2D eigenvalue weighted by molar-refractivity contribution is 0.399. The highest BCUT2D eigenvalue weighted by atomic mass is 32.1.